The number of allylic oxidation sites excluding steroid dienone is 2. The summed E-state index contributed by atoms with van der Waals surface area (Å²) in [5, 5.41) is 12.4. The van der Waals surface area contributed by atoms with E-state index in [2.05, 4.69) is 35.5 Å². The van der Waals surface area contributed by atoms with Crippen LogP contribution in [-0.4, -0.2) is 29.3 Å². The molecule has 0 aromatic carbocycles. The van der Waals surface area contributed by atoms with Crippen LogP contribution in [0.2, 0.25) is 0 Å². The summed E-state index contributed by atoms with van der Waals surface area (Å²) >= 11 is 0. The first kappa shape index (κ1) is 23.1. The molecule has 26 heavy (non-hydrogen) atoms. The molecule has 0 aromatic rings. The van der Waals surface area contributed by atoms with Crippen molar-refractivity contribution < 1.29 is 5.11 Å². The number of hydrogen-bond donors (Lipinski definition) is 2. The Bertz CT molecular complexity index is 354. The molecule has 0 aliphatic carbocycles. The maximum atomic E-state index is 9.05. The first-order valence-electron chi connectivity index (χ1n) is 11.3. The van der Waals surface area contributed by atoms with Gasteiger partial charge in [0.25, 0.3) is 0 Å². The molecule has 152 valence electrons. The Morgan fingerprint density at radius 3 is 2.04 bits per heavy atom. The molecule has 1 aliphatic heterocycles. The molecule has 0 saturated carbocycles. The van der Waals surface area contributed by atoms with Gasteiger partial charge in [0, 0.05) is 18.9 Å². The van der Waals surface area contributed by atoms with E-state index in [1.54, 1.807) is 0 Å². The van der Waals surface area contributed by atoms with E-state index in [1.165, 1.54) is 96.3 Å². The fourth-order valence-corrected chi connectivity index (χ4v) is 3.63. The van der Waals surface area contributed by atoms with Crippen LogP contribution in [0.25, 0.3) is 0 Å². The topological polar surface area (TPSA) is 35.5 Å². The van der Waals surface area contributed by atoms with Gasteiger partial charge in [-0.05, 0) is 38.5 Å². The second kappa shape index (κ2) is 17.5. The lowest BCUT2D eigenvalue weighted by atomic mass is 10.1. The first-order valence-corrected chi connectivity index (χ1v) is 11.3. The molecule has 0 bridgehead atoms. The number of aliphatic hydroxyl groups excluding tert-OH is 1. The fourth-order valence-electron chi connectivity index (χ4n) is 3.63. The van der Waals surface area contributed by atoms with Crippen molar-refractivity contribution in [1.29, 1.82) is 0 Å². The van der Waals surface area contributed by atoms with Crippen LogP contribution >= 0.6 is 0 Å². The van der Waals surface area contributed by atoms with Crippen LogP contribution in [0.5, 0.6) is 0 Å². The zero-order valence-corrected chi connectivity index (χ0v) is 17.3. The molecule has 0 spiro atoms. The van der Waals surface area contributed by atoms with Crippen molar-refractivity contribution in [3.63, 3.8) is 0 Å². The van der Waals surface area contributed by atoms with Crippen LogP contribution in [0.1, 0.15) is 103 Å². The summed E-state index contributed by atoms with van der Waals surface area (Å²) in [4.78, 5) is 2.20. The molecule has 1 aliphatic rings. The second-order valence-corrected chi connectivity index (χ2v) is 7.69. The van der Waals surface area contributed by atoms with Crippen molar-refractivity contribution in [2.24, 2.45) is 0 Å². The van der Waals surface area contributed by atoms with E-state index in [1.807, 2.05) is 6.20 Å². The summed E-state index contributed by atoms with van der Waals surface area (Å²) in [6.45, 7) is 3.25. The van der Waals surface area contributed by atoms with Crippen LogP contribution in [-0.2, 0) is 0 Å². The minimum atomic E-state index is 0.231. The minimum absolute atomic E-state index is 0.231. The molecular formula is C23H44N2O. The second-order valence-electron chi connectivity index (χ2n) is 7.69. The Morgan fingerprint density at radius 2 is 1.42 bits per heavy atom. The predicted molar refractivity (Wildman–Crippen MR) is 114 cm³/mol. The molecule has 0 fully saturated rings. The van der Waals surface area contributed by atoms with E-state index in [4.69, 9.17) is 5.11 Å². The van der Waals surface area contributed by atoms with Crippen molar-refractivity contribution >= 4 is 0 Å². The van der Waals surface area contributed by atoms with Gasteiger partial charge in [-0.15, -0.1) is 0 Å². The lowest BCUT2D eigenvalue weighted by molar-refractivity contribution is 0.194. The van der Waals surface area contributed by atoms with Crippen molar-refractivity contribution in [3.8, 4) is 0 Å². The highest BCUT2D eigenvalue weighted by Gasteiger charge is 2.16. The van der Waals surface area contributed by atoms with E-state index in [9.17, 15) is 0 Å². The number of nitrogens with zero attached hydrogens (tertiary/aromatic N) is 1. The Kier molecular flexibility index (Phi) is 15.5. The summed E-state index contributed by atoms with van der Waals surface area (Å²) in [6, 6.07) is 0. The van der Waals surface area contributed by atoms with Gasteiger partial charge >= 0.3 is 0 Å². The predicted octanol–water partition coefficient (Wildman–Crippen LogP) is 6.11. The standard InChI is InChI=1S/C23H44N2O/c1-2-3-4-5-6-7-8-9-10-11-12-13-14-15-16-17-18-23-24-19-20-25(23)21-22-26/h10-11,19-20,23-24,26H,2-9,12-18,21-22H2,1H3/b11-10+. The lowest BCUT2D eigenvalue weighted by Gasteiger charge is -2.24. The molecule has 0 aromatic heterocycles. The molecule has 1 unspecified atom stereocenters. The van der Waals surface area contributed by atoms with E-state index in [0.717, 1.165) is 6.54 Å². The van der Waals surface area contributed by atoms with Crippen LogP contribution < -0.4 is 5.32 Å². The van der Waals surface area contributed by atoms with Crippen molar-refractivity contribution in [2.75, 3.05) is 13.2 Å². The molecule has 0 amide bonds. The number of β-amino-alcohol motifs (C(OH)–C–C–N with tert-alkyl or cyclic N) is 1. The third kappa shape index (κ3) is 12.4. The molecule has 3 nitrogen and oxygen atoms in total. The van der Waals surface area contributed by atoms with Gasteiger partial charge in [-0.2, -0.15) is 0 Å². The molecule has 3 heteroatoms. The first-order chi connectivity index (χ1) is 12.9. The maximum Gasteiger partial charge on any atom is 0.0982 e. The summed E-state index contributed by atoms with van der Waals surface area (Å²) < 4.78 is 0. The van der Waals surface area contributed by atoms with E-state index >= 15 is 0 Å². The Balaban J connectivity index is 1.79. The van der Waals surface area contributed by atoms with Crippen molar-refractivity contribution in [1.82, 2.24) is 10.2 Å². The largest absolute Gasteiger partial charge is 0.395 e. The van der Waals surface area contributed by atoms with Crippen LogP contribution in [0, 0.1) is 0 Å². The highest BCUT2D eigenvalue weighted by molar-refractivity contribution is 4.93. The van der Waals surface area contributed by atoms with Gasteiger partial charge in [-0.25, -0.2) is 0 Å². The molecule has 2 N–H and O–H groups in total. The molecule has 1 rings (SSSR count). The highest BCUT2D eigenvalue weighted by atomic mass is 16.3. The fraction of sp³-hybridized carbons (Fsp3) is 0.826. The van der Waals surface area contributed by atoms with Gasteiger partial charge in [0.1, 0.15) is 0 Å². The van der Waals surface area contributed by atoms with Gasteiger partial charge in [0.15, 0.2) is 0 Å². The summed E-state index contributed by atoms with van der Waals surface area (Å²) in [5.74, 6) is 0. The molecule has 0 saturated heterocycles. The lowest BCUT2D eigenvalue weighted by Crippen LogP contribution is -2.36. The van der Waals surface area contributed by atoms with Gasteiger partial charge in [-0.1, -0.05) is 76.9 Å². The van der Waals surface area contributed by atoms with Crippen LogP contribution in [0.4, 0.5) is 0 Å². The van der Waals surface area contributed by atoms with Gasteiger partial charge in [0.2, 0.25) is 0 Å². The number of hydrogen-bond acceptors (Lipinski definition) is 3. The maximum absolute atomic E-state index is 9.05. The van der Waals surface area contributed by atoms with E-state index in [-0.39, 0.29) is 6.61 Å². The average molecular weight is 365 g/mol. The van der Waals surface area contributed by atoms with Gasteiger partial charge in [0.05, 0.1) is 12.8 Å². The summed E-state index contributed by atoms with van der Waals surface area (Å²) in [6.07, 6.45) is 29.5. The monoisotopic (exact) mass is 364 g/mol. The number of unbranched alkanes of at least 4 members (excludes halogenated alkanes) is 12. The van der Waals surface area contributed by atoms with Crippen molar-refractivity contribution in [2.45, 2.75) is 109 Å². The van der Waals surface area contributed by atoms with Gasteiger partial charge < -0.3 is 15.3 Å². The normalized spacial score (nSPS) is 16.7. The van der Waals surface area contributed by atoms with Crippen LogP contribution in [0.3, 0.4) is 0 Å². The summed E-state index contributed by atoms with van der Waals surface area (Å²) in [5.41, 5.74) is 0. The number of aliphatic hydroxyl groups is 1. The molecular weight excluding hydrogens is 320 g/mol. The molecule has 1 atom stereocenters. The number of nitrogens with one attached hydrogen (secondary N) is 1. The highest BCUT2D eigenvalue weighted by Crippen LogP contribution is 2.14. The third-order valence-electron chi connectivity index (χ3n) is 5.30. The summed E-state index contributed by atoms with van der Waals surface area (Å²) in [7, 11) is 0. The zero-order chi connectivity index (χ0) is 18.7. The number of rotatable bonds is 18. The van der Waals surface area contributed by atoms with Crippen LogP contribution in [0.15, 0.2) is 24.6 Å². The minimum Gasteiger partial charge on any atom is -0.395 e. The average Bonchev–Trinajstić information content (AvgIpc) is 3.09. The Hall–Kier alpha value is -0.960. The van der Waals surface area contributed by atoms with E-state index < -0.39 is 0 Å². The zero-order valence-electron chi connectivity index (χ0n) is 17.3. The smallest absolute Gasteiger partial charge is 0.0982 e. The SMILES string of the molecule is CCCCCCCCC/C=C/CCCCCCCC1NC=CN1CCO. The Labute approximate surface area is 162 Å². The third-order valence-corrected chi connectivity index (χ3v) is 5.30. The van der Waals surface area contributed by atoms with E-state index in [0.29, 0.717) is 6.17 Å². The van der Waals surface area contributed by atoms with Crippen molar-refractivity contribution in [3.05, 3.63) is 24.6 Å². The molecule has 1 heterocycles. The Morgan fingerprint density at radius 1 is 0.846 bits per heavy atom. The molecule has 0 radical (unpaired) electrons. The van der Waals surface area contributed by atoms with Gasteiger partial charge in [-0.3, -0.25) is 0 Å². The quantitative estimate of drug-likeness (QED) is 0.227.